The van der Waals surface area contributed by atoms with Crippen molar-refractivity contribution in [1.82, 2.24) is 5.32 Å². The molecule has 0 saturated carbocycles. The molecule has 134 valence electrons. The normalized spacial score (nSPS) is 14.8. The van der Waals surface area contributed by atoms with E-state index in [0.29, 0.717) is 12.1 Å². The van der Waals surface area contributed by atoms with E-state index in [2.05, 4.69) is 83.0 Å². The SMILES string of the molecule is N#CC1=CCNC=C1c1ccccc1N1c2ccccc2Sc2ccccc21. The minimum absolute atomic E-state index is 0.681. The lowest BCUT2D eigenvalue weighted by molar-refractivity contribution is 0.969. The number of hydrogen-bond acceptors (Lipinski definition) is 4. The van der Waals surface area contributed by atoms with E-state index < -0.39 is 0 Å². The molecule has 0 spiro atoms. The number of rotatable bonds is 2. The second-order valence-electron chi connectivity index (χ2n) is 6.59. The van der Waals surface area contributed by atoms with Crippen LogP contribution in [0.2, 0.25) is 0 Å². The maximum atomic E-state index is 9.64. The van der Waals surface area contributed by atoms with Crippen LogP contribution in [-0.4, -0.2) is 6.54 Å². The second kappa shape index (κ2) is 6.95. The highest BCUT2D eigenvalue weighted by atomic mass is 32.2. The van der Waals surface area contributed by atoms with E-state index in [1.807, 2.05) is 18.3 Å². The van der Waals surface area contributed by atoms with Crippen LogP contribution in [0.4, 0.5) is 17.1 Å². The molecule has 0 fully saturated rings. The van der Waals surface area contributed by atoms with Gasteiger partial charge in [-0.25, -0.2) is 0 Å². The maximum Gasteiger partial charge on any atom is 0.0996 e. The smallest absolute Gasteiger partial charge is 0.0996 e. The van der Waals surface area contributed by atoms with Crippen LogP contribution in [0.15, 0.2) is 100 Å². The summed E-state index contributed by atoms with van der Waals surface area (Å²) < 4.78 is 0. The van der Waals surface area contributed by atoms with Crippen LogP contribution >= 0.6 is 11.8 Å². The number of benzene rings is 3. The zero-order chi connectivity index (χ0) is 18.9. The Morgan fingerprint density at radius 1 is 0.821 bits per heavy atom. The van der Waals surface area contributed by atoms with Crippen molar-refractivity contribution < 1.29 is 0 Å². The number of nitrogens with one attached hydrogen (secondary N) is 1. The average molecular weight is 379 g/mol. The van der Waals surface area contributed by atoms with Crippen molar-refractivity contribution in [3.8, 4) is 6.07 Å². The summed E-state index contributed by atoms with van der Waals surface area (Å²) in [5.41, 5.74) is 6.06. The number of fused-ring (bicyclic) bond motifs is 2. The molecule has 0 amide bonds. The summed E-state index contributed by atoms with van der Waals surface area (Å²) in [6, 6.07) is 27.6. The summed E-state index contributed by atoms with van der Waals surface area (Å²) in [4.78, 5) is 4.76. The first-order valence-corrected chi connectivity index (χ1v) is 9.98. The van der Waals surface area contributed by atoms with Crippen molar-refractivity contribution >= 4 is 34.4 Å². The van der Waals surface area contributed by atoms with Gasteiger partial charge < -0.3 is 10.2 Å². The van der Waals surface area contributed by atoms with Gasteiger partial charge in [-0.1, -0.05) is 54.2 Å². The van der Waals surface area contributed by atoms with Gasteiger partial charge in [0, 0.05) is 33.7 Å². The highest BCUT2D eigenvalue weighted by Gasteiger charge is 2.27. The Morgan fingerprint density at radius 3 is 2.11 bits per heavy atom. The van der Waals surface area contributed by atoms with Crippen molar-refractivity contribution in [2.45, 2.75) is 9.79 Å². The third-order valence-corrected chi connectivity index (χ3v) is 6.08. The first kappa shape index (κ1) is 16.7. The molecule has 3 aromatic rings. The summed E-state index contributed by atoms with van der Waals surface area (Å²) >= 11 is 1.80. The van der Waals surface area contributed by atoms with Gasteiger partial charge in [0.25, 0.3) is 0 Å². The van der Waals surface area contributed by atoms with E-state index in [9.17, 15) is 5.26 Å². The molecule has 3 nitrogen and oxygen atoms in total. The summed E-state index contributed by atoms with van der Waals surface area (Å²) in [5, 5.41) is 12.9. The quantitative estimate of drug-likeness (QED) is 0.462. The van der Waals surface area contributed by atoms with Crippen LogP contribution in [0.3, 0.4) is 0 Å². The molecule has 3 aromatic carbocycles. The van der Waals surface area contributed by atoms with Crippen LogP contribution < -0.4 is 10.2 Å². The Bertz CT molecular complexity index is 1120. The Hall–Kier alpha value is -3.42. The fraction of sp³-hybridized carbons (Fsp3) is 0.0417. The van der Waals surface area contributed by atoms with Crippen LogP contribution in [-0.2, 0) is 0 Å². The maximum absolute atomic E-state index is 9.64. The van der Waals surface area contributed by atoms with Crippen molar-refractivity contribution in [3.63, 3.8) is 0 Å². The van der Waals surface area contributed by atoms with Gasteiger partial charge in [-0.3, -0.25) is 0 Å². The molecule has 0 atom stereocenters. The highest BCUT2D eigenvalue weighted by molar-refractivity contribution is 7.99. The molecule has 2 aliphatic heterocycles. The number of hydrogen-bond donors (Lipinski definition) is 1. The molecule has 2 aliphatic rings. The summed E-state index contributed by atoms with van der Waals surface area (Å²) in [6.07, 6.45) is 3.90. The first-order valence-electron chi connectivity index (χ1n) is 9.16. The molecule has 0 aliphatic carbocycles. The average Bonchev–Trinajstić information content (AvgIpc) is 2.77. The molecule has 0 unspecified atom stereocenters. The van der Waals surface area contributed by atoms with Crippen molar-refractivity contribution in [3.05, 3.63) is 96.2 Å². The third kappa shape index (κ3) is 2.69. The van der Waals surface area contributed by atoms with Crippen LogP contribution in [0.5, 0.6) is 0 Å². The first-order chi connectivity index (χ1) is 13.9. The molecule has 0 bridgehead atoms. The topological polar surface area (TPSA) is 39.1 Å². The van der Waals surface area contributed by atoms with Gasteiger partial charge in [-0.2, -0.15) is 5.26 Å². The molecule has 28 heavy (non-hydrogen) atoms. The standard InChI is InChI=1S/C24H17N3S/c25-15-17-13-14-26-16-19(17)18-7-1-2-8-20(18)27-21-9-3-5-11-23(21)28-24-12-6-4-10-22(24)27/h1-13,16,26H,14H2. The zero-order valence-corrected chi connectivity index (χ0v) is 15.9. The number of anilines is 3. The Labute approximate surface area is 168 Å². The molecule has 1 N–H and O–H groups in total. The number of nitrogens with zero attached hydrogens (tertiary/aromatic N) is 2. The summed E-state index contributed by atoms with van der Waals surface area (Å²) in [7, 11) is 0. The fourth-order valence-electron chi connectivity index (χ4n) is 3.70. The van der Waals surface area contributed by atoms with Crippen LogP contribution in [0.1, 0.15) is 5.56 Å². The third-order valence-electron chi connectivity index (χ3n) is 4.95. The number of para-hydroxylation sites is 3. The zero-order valence-electron chi connectivity index (χ0n) is 15.1. The van der Waals surface area contributed by atoms with Crippen LogP contribution in [0, 0.1) is 11.3 Å². The van der Waals surface area contributed by atoms with Gasteiger partial charge in [0.15, 0.2) is 0 Å². The monoisotopic (exact) mass is 379 g/mol. The lowest BCUT2D eigenvalue weighted by Gasteiger charge is -2.34. The van der Waals surface area contributed by atoms with Gasteiger partial charge in [0.2, 0.25) is 0 Å². The fourth-order valence-corrected chi connectivity index (χ4v) is 4.76. The molecule has 5 rings (SSSR count). The predicted octanol–water partition coefficient (Wildman–Crippen LogP) is 6.02. The van der Waals surface area contributed by atoms with Gasteiger partial charge >= 0.3 is 0 Å². The van der Waals surface area contributed by atoms with Crippen molar-refractivity contribution in [1.29, 1.82) is 5.26 Å². The molecule has 2 heterocycles. The van der Waals surface area contributed by atoms with Gasteiger partial charge in [-0.15, -0.1) is 0 Å². The Morgan fingerprint density at radius 2 is 1.43 bits per heavy atom. The Balaban J connectivity index is 1.75. The number of allylic oxidation sites excluding steroid dienone is 2. The Kier molecular flexibility index (Phi) is 4.16. The van der Waals surface area contributed by atoms with Gasteiger partial charge in [0.05, 0.1) is 28.7 Å². The predicted molar refractivity (Wildman–Crippen MR) is 115 cm³/mol. The van der Waals surface area contributed by atoms with E-state index in [0.717, 1.165) is 28.2 Å². The van der Waals surface area contributed by atoms with Crippen LogP contribution in [0.25, 0.3) is 5.57 Å². The highest BCUT2D eigenvalue weighted by Crippen LogP contribution is 2.52. The molecular formula is C24H17N3S. The molecule has 4 heteroatoms. The lowest BCUT2D eigenvalue weighted by Crippen LogP contribution is -2.18. The van der Waals surface area contributed by atoms with E-state index in [1.54, 1.807) is 11.8 Å². The second-order valence-corrected chi connectivity index (χ2v) is 7.67. The minimum atomic E-state index is 0.681. The van der Waals surface area contributed by atoms with Gasteiger partial charge in [0.1, 0.15) is 0 Å². The van der Waals surface area contributed by atoms with Crippen molar-refractivity contribution in [2.75, 3.05) is 11.4 Å². The molecule has 0 radical (unpaired) electrons. The van der Waals surface area contributed by atoms with E-state index in [1.165, 1.54) is 9.79 Å². The molecule has 0 aromatic heterocycles. The van der Waals surface area contributed by atoms with Crippen molar-refractivity contribution in [2.24, 2.45) is 0 Å². The van der Waals surface area contributed by atoms with E-state index in [4.69, 9.17) is 0 Å². The summed E-state index contributed by atoms with van der Waals surface area (Å²) in [6.45, 7) is 0.681. The van der Waals surface area contributed by atoms with E-state index >= 15 is 0 Å². The largest absolute Gasteiger partial charge is 0.387 e. The number of nitriles is 1. The minimum Gasteiger partial charge on any atom is -0.387 e. The van der Waals surface area contributed by atoms with E-state index in [-0.39, 0.29) is 0 Å². The molecular weight excluding hydrogens is 362 g/mol. The number of dihydropyridines is 1. The molecule has 0 saturated heterocycles. The lowest BCUT2D eigenvalue weighted by atomic mass is 9.95. The summed E-state index contributed by atoms with van der Waals surface area (Å²) in [5.74, 6) is 0. The van der Waals surface area contributed by atoms with Gasteiger partial charge in [-0.05, 0) is 36.4 Å².